The molecule has 13 heteroatoms. The van der Waals surface area contributed by atoms with Crippen LogP contribution in [-0.4, -0.2) is 80.1 Å². The Morgan fingerprint density at radius 1 is 1.02 bits per heavy atom. The van der Waals surface area contributed by atoms with Gasteiger partial charge in [0.25, 0.3) is 0 Å². The van der Waals surface area contributed by atoms with Crippen LogP contribution in [0.5, 0.6) is 0 Å². The fourth-order valence-corrected chi connectivity index (χ4v) is 5.96. The van der Waals surface area contributed by atoms with Crippen molar-refractivity contribution < 1.29 is 4.79 Å². The Morgan fingerprint density at radius 2 is 1.68 bits per heavy atom. The average molecular weight is 595 g/mol. The minimum absolute atomic E-state index is 0.109. The number of amides is 1. The quantitative estimate of drug-likeness (QED) is 0.365. The van der Waals surface area contributed by atoms with Crippen LogP contribution in [0.15, 0.2) is 53.5 Å². The van der Waals surface area contributed by atoms with Gasteiger partial charge in [-0.25, -0.2) is 14.3 Å². The summed E-state index contributed by atoms with van der Waals surface area (Å²) in [6.07, 6.45) is 1.51. The zero-order valence-electron chi connectivity index (χ0n) is 22.6. The van der Waals surface area contributed by atoms with Crippen LogP contribution in [0.1, 0.15) is 6.92 Å². The number of hydrogen-bond acceptors (Lipinski definition) is 8. The van der Waals surface area contributed by atoms with Crippen LogP contribution < -0.4 is 21.4 Å². The summed E-state index contributed by atoms with van der Waals surface area (Å²) in [5, 5.41) is 12.8. The van der Waals surface area contributed by atoms with E-state index in [1.165, 1.54) is 10.8 Å². The normalized spacial score (nSPS) is 16.2. The Labute approximate surface area is 246 Å². The molecule has 2 fully saturated rings. The van der Waals surface area contributed by atoms with Crippen molar-refractivity contribution in [3.8, 4) is 5.69 Å². The van der Waals surface area contributed by atoms with Crippen molar-refractivity contribution in [3.63, 3.8) is 0 Å². The van der Waals surface area contributed by atoms with E-state index in [0.29, 0.717) is 23.0 Å². The fourth-order valence-electron chi connectivity index (χ4n) is 5.40. The van der Waals surface area contributed by atoms with E-state index in [0.717, 1.165) is 55.2 Å². The van der Waals surface area contributed by atoms with Gasteiger partial charge in [-0.05, 0) is 36.4 Å². The van der Waals surface area contributed by atoms with Crippen LogP contribution in [0.2, 0.25) is 10.0 Å². The topological polar surface area (TPSA) is 115 Å². The number of benzene rings is 2. The average Bonchev–Trinajstić information content (AvgIpc) is 2.93. The van der Waals surface area contributed by atoms with Gasteiger partial charge in [-0.3, -0.25) is 19.7 Å². The summed E-state index contributed by atoms with van der Waals surface area (Å²) in [4.78, 5) is 40.4. The fraction of sp³-hybridized carbons (Fsp3) is 0.321. The minimum atomic E-state index is -0.500. The lowest BCUT2D eigenvalue weighted by Gasteiger charge is -2.48. The first kappa shape index (κ1) is 27.3. The summed E-state index contributed by atoms with van der Waals surface area (Å²) in [5.74, 6) is 0.460. The lowest BCUT2D eigenvalue weighted by atomic mass is 10.1. The number of rotatable bonds is 5. The highest BCUT2D eigenvalue weighted by atomic mass is 35.5. The highest BCUT2D eigenvalue weighted by Gasteiger charge is 2.34. The Bertz CT molecular complexity index is 1740. The first-order chi connectivity index (χ1) is 19.7. The predicted molar refractivity (Wildman–Crippen MR) is 160 cm³/mol. The van der Waals surface area contributed by atoms with E-state index in [4.69, 9.17) is 28.6 Å². The van der Waals surface area contributed by atoms with Gasteiger partial charge in [0, 0.05) is 76.9 Å². The molecule has 2 aliphatic heterocycles. The van der Waals surface area contributed by atoms with Crippen LogP contribution >= 0.6 is 23.2 Å². The Morgan fingerprint density at radius 3 is 2.32 bits per heavy atom. The molecule has 2 saturated heterocycles. The van der Waals surface area contributed by atoms with Crippen molar-refractivity contribution >= 4 is 57.5 Å². The van der Waals surface area contributed by atoms with Crippen molar-refractivity contribution in [2.24, 2.45) is 7.05 Å². The van der Waals surface area contributed by atoms with E-state index in [9.17, 15) is 9.59 Å². The molecule has 1 amide bonds. The number of aromatic nitrogens is 4. The van der Waals surface area contributed by atoms with E-state index in [1.54, 1.807) is 32.2 Å². The number of fused-ring (bicyclic) bond motifs is 1. The molecule has 11 nitrogen and oxygen atoms in total. The van der Waals surface area contributed by atoms with Crippen LogP contribution in [0.25, 0.3) is 16.7 Å². The monoisotopic (exact) mass is 593 g/mol. The molecule has 4 aromatic rings. The Kier molecular flexibility index (Phi) is 7.18. The van der Waals surface area contributed by atoms with Gasteiger partial charge in [-0.15, -0.1) is 0 Å². The number of halogens is 2. The zero-order valence-corrected chi connectivity index (χ0v) is 24.2. The second-order valence-corrected chi connectivity index (χ2v) is 11.1. The van der Waals surface area contributed by atoms with Crippen molar-refractivity contribution in [1.29, 1.82) is 5.41 Å². The minimum Gasteiger partial charge on any atom is -0.369 e. The van der Waals surface area contributed by atoms with E-state index in [1.807, 2.05) is 17.0 Å². The maximum Gasteiger partial charge on any atom is 0.335 e. The standard InChI is InChI=1S/C28H29Cl2N9O2/c1-17(40)38-15-20(16-38)37-12-10-36(11-13-37)19-8-6-18(7-9-19)33-27-32-14-21-25(31)39(28(41)35(2)26(21)34-27)24-22(29)4-3-5-23(24)30/h3-9,14,20,31H,10-13,15-16H2,1-2H3,(H,32,33,34). The zero-order chi connectivity index (χ0) is 28.8. The molecule has 41 heavy (non-hydrogen) atoms. The summed E-state index contributed by atoms with van der Waals surface area (Å²) in [6.45, 7) is 7.10. The van der Waals surface area contributed by atoms with Crippen LogP contribution in [0.3, 0.4) is 0 Å². The maximum absolute atomic E-state index is 13.3. The number of nitrogens with one attached hydrogen (secondary N) is 2. The highest BCUT2D eigenvalue weighted by Crippen LogP contribution is 2.27. The molecule has 0 radical (unpaired) electrons. The van der Waals surface area contributed by atoms with Gasteiger partial charge in [0.1, 0.15) is 5.49 Å². The molecule has 4 heterocycles. The third-order valence-electron chi connectivity index (χ3n) is 7.83. The highest BCUT2D eigenvalue weighted by molar-refractivity contribution is 6.37. The molecule has 2 aromatic heterocycles. The second-order valence-electron chi connectivity index (χ2n) is 10.3. The molecule has 0 spiro atoms. The smallest absolute Gasteiger partial charge is 0.335 e. The molecule has 0 bridgehead atoms. The lowest BCUT2D eigenvalue weighted by Crippen LogP contribution is -2.63. The van der Waals surface area contributed by atoms with Crippen molar-refractivity contribution in [2.75, 3.05) is 49.5 Å². The predicted octanol–water partition coefficient (Wildman–Crippen LogP) is 3.00. The summed E-state index contributed by atoms with van der Waals surface area (Å²) in [6, 6.07) is 13.5. The first-order valence-corrected chi connectivity index (χ1v) is 14.1. The number of carbonyl (C=O) groups excluding carboxylic acids is 1. The molecular weight excluding hydrogens is 565 g/mol. The summed E-state index contributed by atoms with van der Waals surface area (Å²) in [5.41, 5.74) is 1.88. The van der Waals surface area contributed by atoms with Gasteiger partial charge in [-0.1, -0.05) is 29.3 Å². The van der Waals surface area contributed by atoms with Crippen molar-refractivity contribution in [1.82, 2.24) is 28.9 Å². The van der Waals surface area contributed by atoms with Gasteiger partial charge in [0.2, 0.25) is 11.9 Å². The maximum atomic E-state index is 13.3. The molecule has 2 aromatic carbocycles. The Balaban J connectivity index is 1.17. The largest absolute Gasteiger partial charge is 0.369 e. The van der Waals surface area contributed by atoms with Gasteiger partial charge >= 0.3 is 5.69 Å². The molecule has 0 saturated carbocycles. The molecule has 212 valence electrons. The molecule has 2 aliphatic rings. The van der Waals surface area contributed by atoms with E-state index >= 15 is 0 Å². The van der Waals surface area contributed by atoms with Gasteiger partial charge < -0.3 is 15.1 Å². The Hall–Kier alpha value is -3.93. The number of nitrogens with zero attached hydrogens (tertiary/aromatic N) is 7. The summed E-state index contributed by atoms with van der Waals surface area (Å²) >= 11 is 12.7. The van der Waals surface area contributed by atoms with E-state index in [-0.39, 0.29) is 27.1 Å². The molecule has 0 atom stereocenters. The van der Waals surface area contributed by atoms with Crippen molar-refractivity contribution in [2.45, 2.75) is 13.0 Å². The van der Waals surface area contributed by atoms with Crippen LogP contribution in [0, 0.1) is 5.41 Å². The van der Waals surface area contributed by atoms with Crippen molar-refractivity contribution in [3.05, 3.63) is 74.7 Å². The summed E-state index contributed by atoms with van der Waals surface area (Å²) in [7, 11) is 1.58. The second kappa shape index (κ2) is 10.8. The first-order valence-electron chi connectivity index (χ1n) is 13.3. The number of likely N-dealkylation sites (tertiary alicyclic amines) is 1. The molecule has 2 N–H and O–H groups in total. The number of aryl methyl sites for hydroxylation is 1. The molecule has 0 unspecified atom stereocenters. The van der Waals surface area contributed by atoms with E-state index in [2.05, 4.69) is 37.2 Å². The molecular formula is C28H29Cl2N9O2. The number of para-hydroxylation sites is 1. The molecule has 6 rings (SSSR count). The number of carbonyl (C=O) groups is 1. The van der Waals surface area contributed by atoms with Crippen LogP contribution in [-0.2, 0) is 11.8 Å². The lowest BCUT2D eigenvalue weighted by molar-refractivity contribution is -0.136. The third kappa shape index (κ3) is 5.05. The number of piperazine rings is 1. The molecule has 0 aliphatic carbocycles. The number of hydrogen-bond donors (Lipinski definition) is 2. The van der Waals surface area contributed by atoms with Crippen LogP contribution in [0.4, 0.5) is 17.3 Å². The third-order valence-corrected chi connectivity index (χ3v) is 8.44. The summed E-state index contributed by atoms with van der Waals surface area (Å²) < 4.78 is 2.51. The van der Waals surface area contributed by atoms with Gasteiger partial charge in [0.05, 0.1) is 21.1 Å². The van der Waals surface area contributed by atoms with Gasteiger partial charge in [-0.2, -0.15) is 4.98 Å². The number of anilines is 3. The SMILES string of the molecule is CC(=O)N1CC(N2CCN(c3ccc(Nc4ncc5c(=N)n(-c6c(Cl)cccc6Cl)c(=O)n(C)c5n4)cc3)CC2)C1. The van der Waals surface area contributed by atoms with Gasteiger partial charge in [0.15, 0.2) is 5.65 Å². The van der Waals surface area contributed by atoms with E-state index < -0.39 is 5.69 Å².